The van der Waals surface area contributed by atoms with Gasteiger partial charge in [-0.15, -0.1) is 0 Å². The summed E-state index contributed by atoms with van der Waals surface area (Å²) >= 11 is 0. The predicted octanol–water partition coefficient (Wildman–Crippen LogP) is 2.26. The smallest absolute Gasteiger partial charge is 0.329 e. The quantitative estimate of drug-likeness (QED) is 0.856. The van der Waals surface area contributed by atoms with Crippen molar-refractivity contribution >= 4 is 0 Å². The summed E-state index contributed by atoms with van der Waals surface area (Å²) in [5, 5.41) is 3.29. The zero-order chi connectivity index (χ0) is 17.3. The number of halogens is 3. The van der Waals surface area contributed by atoms with Gasteiger partial charge in [-0.05, 0) is 38.4 Å². The first-order chi connectivity index (χ1) is 11.3. The third-order valence-electron chi connectivity index (χ3n) is 4.10. The lowest BCUT2D eigenvalue weighted by Gasteiger charge is -2.29. The van der Waals surface area contributed by atoms with Crippen LogP contribution in [0.2, 0.25) is 0 Å². The van der Waals surface area contributed by atoms with Crippen molar-refractivity contribution < 1.29 is 17.7 Å². The Bertz CT molecular complexity index is 769. The Labute approximate surface area is 135 Å². The fraction of sp³-hybridized carbons (Fsp3) is 0.533. The Morgan fingerprint density at radius 2 is 2.21 bits per heavy atom. The summed E-state index contributed by atoms with van der Waals surface area (Å²) in [6.45, 7) is 2.57. The monoisotopic (exact) mass is 342 g/mol. The molecule has 9 heteroatoms. The van der Waals surface area contributed by atoms with Crippen LogP contribution in [-0.2, 0) is 12.7 Å². The molecule has 0 aromatic carbocycles. The lowest BCUT2D eigenvalue weighted by molar-refractivity contribution is -0.159. The first-order valence-corrected chi connectivity index (χ1v) is 7.63. The molecule has 0 amide bonds. The molecule has 1 fully saturated rings. The van der Waals surface area contributed by atoms with Gasteiger partial charge in [-0.25, -0.2) is 0 Å². The Morgan fingerprint density at radius 1 is 1.42 bits per heavy atom. The van der Waals surface area contributed by atoms with Crippen LogP contribution >= 0.6 is 0 Å². The van der Waals surface area contributed by atoms with Crippen molar-refractivity contribution in [2.24, 2.45) is 5.92 Å². The average molecular weight is 342 g/mol. The molecule has 1 unspecified atom stereocenters. The third kappa shape index (κ3) is 3.66. The van der Waals surface area contributed by atoms with Crippen LogP contribution in [0.1, 0.15) is 18.7 Å². The van der Waals surface area contributed by atoms with Gasteiger partial charge < -0.3 is 14.0 Å². The maximum Gasteiger partial charge on any atom is 0.471 e. The fourth-order valence-electron chi connectivity index (χ4n) is 2.95. The van der Waals surface area contributed by atoms with Gasteiger partial charge in [0.1, 0.15) is 0 Å². The van der Waals surface area contributed by atoms with Crippen LogP contribution in [0.5, 0.6) is 0 Å². The van der Waals surface area contributed by atoms with E-state index in [1.807, 2.05) is 7.05 Å². The van der Waals surface area contributed by atoms with Crippen LogP contribution in [0.3, 0.4) is 0 Å². The highest BCUT2D eigenvalue weighted by molar-refractivity contribution is 5.52. The number of nitrogens with zero attached hydrogens (tertiary/aromatic N) is 4. The van der Waals surface area contributed by atoms with Crippen molar-refractivity contribution in [3.8, 4) is 11.4 Å². The summed E-state index contributed by atoms with van der Waals surface area (Å²) in [4.78, 5) is 17.7. The minimum Gasteiger partial charge on any atom is -0.329 e. The van der Waals surface area contributed by atoms with Gasteiger partial charge in [0.15, 0.2) is 0 Å². The van der Waals surface area contributed by atoms with Crippen molar-refractivity contribution in [1.29, 1.82) is 0 Å². The summed E-state index contributed by atoms with van der Waals surface area (Å²) < 4.78 is 43.2. The third-order valence-corrected chi connectivity index (χ3v) is 4.10. The highest BCUT2D eigenvalue weighted by Gasteiger charge is 2.38. The minimum absolute atomic E-state index is 0.205. The van der Waals surface area contributed by atoms with Gasteiger partial charge in [-0.1, -0.05) is 5.16 Å². The predicted molar refractivity (Wildman–Crippen MR) is 79.2 cm³/mol. The molecule has 3 heterocycles. The van der Waals surface area contributed by atoms with Crippen LogP contribution in [0.15, 0.2) is 27.6 Å². The molecule has 2 aromatic heterocycles. The molecule has 1 aliphatic rings. The molecule has 0 N–H and O–H groups in total. The van der Waals surface area contributed by atoms with E-state index in [4.69, 9.17) is 0 Å². The molecule has 6 nitrogen and oxygen atoms in total. The Morgan fingerprint density at radius 3 is 2.83 bits per heavy atom. The van der Waals surface area contributed by atoms with Crippen LogP contribution in [-0.4, -0.2) is 39.7 Å². The van der Waals surface area contributed by atoms with E-state index in [0.717, 1.165) is 25.9 Å². The second-order valence-corrected chi connectivity index (χ2v) is 6.10. The van der Waals surface area contributed by atoms with E-state index in [-0.39, 0.29) is 16.9 Å². The standard InChI is InChI=1S/C15H17F3N4O2/c1-21-5-2-3-10(8-21)9-22-6-4-11(7-12(22)23)13-19-14(24-20-13)15(16,17)18/h4,6-7,10H,2-3,5,8-9H2,1H3. The lowest BCUT2D eigenvalue weighted by atomic mass is 9.98. The minimum atomic E-state index is -4.70. The molecule has 2 aromatic rings. The molecule has 24 heavy (non-hydrogen) atoms. The summed E-state index contributed by atoms with van der Waals surface area (Å²) in [6.07, 6.45) is -0.988. The van der Waals surface area contributed by atoms with E-state index in [1.54, 1.807) is 10.8 Å². The van der Waals surface area contributed by atoms with E-state index in [1.165, 1.54) is 12.1 Å². The second-order valence-electron chi connectivity index (χ2n) is 6.10. The molecule has 0 saturated carbocycles. The maximum atomic E-state index is 12.5. The summed E-state index contributed by atoms with van der Waals surface area (Å²) in [6, 6.07) is 2.76. The summed E-state index contributed by atoms with van der Waals surface area (Å²) in [7, 11) is 2.05. The zero-order valence-corrected chi connectivity index (χ0v) is 13.1. The number of piperidine rings is 1. The number of alkyl halides is 3. The van der Waals surface area contributed by atoms with E-state index in [2.05, 4.69) is 19.6 Å². The number of hydrogen-bond acceptors (Lipinski definition) is 5. The van der Waals surface area contributed by atoms with Gasteiger partial charge in [0.2, 0.25) is 5.82 Å². The Kier molecular flexibility index (Phi) is 4.44. The fourth-order valence-corrected chi connectivity index (χ4v) is 2.95. The van der Waals surface area contributed by atoms with Gasteiger partial charge >= 0.3 is 12.1 Å². The van der Waals surface area contributed by atoms with E-state index in [9.17, 15) is 18.0 Å². The van der Waals surface area contributed by atoms with E-state index in [0.29, 0.717) is 12.5 Å². The van der Waals surface area contributed by atoms with Crippen molar-refractivity contribution in [2.75, 3.05) is 20.1 Å². The van der Waals surface area contributed by atoms with Crippen molar-refractivity contribution in [2.45, 2.75) is 25.6 Å². The van der Waals surface area contributed by atoms with E-state index < -0.39 is 12.1 Å². The van der Waals surface area contributed by atoms with Crippen LogP contribution in [0.4, 0.5) is 13.2 Å². The first kappa shape index (κ1) is 16.7. The Hall–Kier alpha value is -2.16. The van der Waals surface area contributed by atoms with Gasteiger partial charge in [0.05, 0.1) is 0 Å². The number of pyridine rings is 1. The summed E-state index contributed by atoms with van der Waals surface area (Å²) in [5.41, 5.74) is -0.0876. The van der Waals surface area contributed by atoms with Gasteiger partial charge in [-0.2, -0.15) is 18.2 Å². The molecule has 3 rings (SSSR count). The molecule has 0 spiro atoms. The topological polar surface area (TPSA) is 64.2 Å². The number of likely N-dealkylation sites (tertiary alicyclic amines) is 1. The van der Waals surface area contributed by atoms with Crippen molar-refractivity contribution in [3.05, 3.63) is 34.6 Å². The van der Waals surface area contributed by atoms with Gasteiger partial charge in [0, 0.05) is 30.9 Å². The van der Waals surface area contributed by atoms with Crippen LogP contribution in [0.25, 0.3) is 11.4 Å². The van der Waals surface area contributed by atoms with E-state index >= 15 is 0 Å². The molecular weight excluding hydrogens is 325 g/mol. The molecule has 0 radical (unpaired) electrons. The number of rotatable bonds is 3. The van der Waals surface area contributed by atoms with Gasteiger partial charge in [-0.3, -0.25) is 4.79 Å². The van der Waals surface area contributed by atoms with Crippen LogP contribution in [0, 0.1) is 5.92 Å². The average Bonchev–Trinajstić information content (AvgIpc) is 2.99. The normalized spacial score (nSPS) is 19.6. The molecular formula is C15H17F3N4O2. The van der Waals surface area contributed by atoms with Crippen LogP contribution < -0.4 is 5.56 Å². The SMILES string of the molecule is CN1CCCC(Cn2ccc(-c3noc(C(F)(F)F)n3)cc2=O)C1. The Balaban J connectivity index is 1.77. The maximum absolute atomic E-state index is 12.5. The summed E-state index contributed by atoms with van der Waals surface area (Å²) in [5.74, 6) is -1.29. The lowest BCUT2D eigenvalue weighted by Crippen LogP contribution is -2.35. The highest BCUT2D eigenvalue weighted by Crippen LogP contribution is 2.29. The largest absolute Gasteiger partial charge is 0.471 e. The van der Waals surface area contributed by atoms with Gasteiger partial charge in [0.25, 0.3) is 5.56 Å². The highest BCUT2D eigenvalue weighted by atomic mass is 19.4. The van der Waals surface area contributed by atoms with Crippen molar-refractivity contribution in [1.82, 2.24) is 19.6 Å². The second kappa shape index (κ2) is 6.39. The molecule has 1 aliphatic heterocycles. The van der Waals surface area contributed by atoms with Crippen molar-refractivity contribution in [3.63, 3.8) is 0 Å². The molecule has 1 saturated heterocycles. The molecule has 130 valence electrons. The molecule has 1 atom stereocenters. The molecule has 0 aliphatic carbocycles. The number of aromatic nitrogens is 3. The first-order valence-electron chi connectivity index (χ1n) is 7.63. The number of hydrogen-bond donors (Lipinski definition) is 0. The zero-order valence-electron chi connectivity index (χ0n) is 13.1. The molecule has 0 bridgehead atoms.